The van der Waals surface area contributed by atoms with E-state index in [4.69, 9.17) is 9.84 Å². The van der Waals surface area contributed by atoms with Gasteiger partial charge in [0.25, 0.3) is 5.69 Å². The van der Waals surface area contributed by atoms with E-state index in [9.17, 15) is 14.9 Å². The van der Waals surface area contributed by atoms with Gasteiger partial charge in [-0.3, -0.25) is 10.1 Å². The molecule has 0 aromatic heterocycles. The average Bonchev–Trinajstić information content (AvgIpc) is 2.35. The van der Waals surface area contributed by atoms with Gasteiger partial charge in [-0.15, -0.1) is 0 Å². The minimum Gasteiger partial charge on any atom is -0.480 e. The summed E-state index contributed by atoms with van der Waals surface area (Å²) in [5.41, 5.74) is 0.412. The number of hydrogen-bond donors (Lipinski definition) is 2. The highest BCUT2D eigenvalue weighted by molar-refractivity contribution is 9.10. The van der Waals surface area contributed by atoms with E-state index in [0.717, 1.165) is 0 Å². The number of halogens is 1. The molecule has 0 fully saturated rings. The number of nitro groups is 1. The molecule has 19 heavy (non-hydrogen) atoms. The van der Waals surface area contributed by atoms with Crippen molar-refractivity contribution >= 4 is 33.3 Å². The molecule has 1 aromatic rings. The van der Waals surface area contributed by atoms with E-state index in [1.54, 1.807) is 0 Å². The molecule has 0 aliphatic rings. The molecule has 0 heterocycles. The highest BCUT2D eigenvalue weighted by Gasteiger charge is 2.18. The van der Waals surface area contributed by atoms with Crippen LogP contribution in [0, 0.1) is 10.1 Å². The zero-order chi connectivity index (χ0) is 14.4. The summed E-state index contributed by atoms with van der Waals surface area (Å²) in [5.74, 6) is -1.01. The standard InChI is InChI=1S/C11H13BrN2O5/c1-19-5-4-10(11(15)16)13-9-3-2-7(14(17)18)6-8(9)12/h2-3,6,10,13H,4-5H2,1H3,(H,15,16). The van der Waals surface area contributed by atoms with Crippen molar-refractivity contribution in [1.29, 1.82) is 0 Å². The van der Waals surface area contributed by atoms with Gasteiger partial charge in [0.1, 0.15) is 6.04 Å². The predicted molar refractivity (Wildman–Crippen MR) is 72.3 cm³/mol. The van der Waals surface area contributed by atoms with Crippen LogP contribution in [0.5, 0.6) is 0 Å². The van der Waals surface area contributed by atoms with Crippen LogP contribution in [-0.4, -0.2) is 35.8 Å². The van der Waals surface area contributed by atoms with Gasteiger partial charge in [-0.1, -0.05) is 0 Å². The topological polar surface area (TPSA) is 102 Å². The molecule has 0 amide bonds. The van der Waals surface area contributed by atoms with Crippen LogP contribution >= 0.6 is 15.9 Å². The Labute approximate surface area is 117 Å². The maximum absolute atomic E-state index is 11.1. The number of anilines is 1. The summed E-state index contributed by atoms with van der Waals surface area (Å²) in [7, 11) is 1.49. The van der Waals surface area contributed by atoms with Gasteiger partial charge in [0, 0.05) is 42.4 Å². The van der Waals surface area contributed by atoms with E-state index in [1.807, 2.05) is 0 Å². The fourth-order valence-electron chi connectivity index (χ4n) is 1.42. The van der Waals surface area contributed by atoms with Crippen molar-refractivity contribution in [3.05, 3.63) is 32.8 Å². The highest BCUT2D eigenvalue weighted by Crippen LogP contribution is 2.27. The zero-order valence-electron chi connectivity index (χ0n) is 10.1. The number of nitrogens with zero attached hydrogens (tertiary/aromatic N) is 1. The third kappa shape index (κ3) is 4.49. The average molecular weight is 333 g/mol. The Morgan fingerprint density at radius 2 is 2.32 bits per heavy atom. The van der Waals surface area contributed by atoms with E-state index in [-0.39, 0.29) is 12.1 Å². The molecule has 0 spiro atoms. The monoisotopic (exact) mass is 332 g/mol. The Morgan fingerprint density at radius 1 is 1.63 bits per heavy atom. The molecule has 1 atom stereocenters. The van der Waals surface area contributed by atoms with Crippen molar-refractivity contribution in [2.75, 3.05) is 19.0 Å². The van der Waals surface area contributed by atoms with Crippen molar-refractivity contribution in [3.8, 4) is 0 Å². The Kier molecular flexibility index (Phi) is 5.71. The summed E-state index contributed by atoms with van der Waals surface area (Å²) in [6.07, 6.45) is 0.287. The lowest BCUT2D eigenvalue weighted by molar-refractivity contribution is -0.384. The fraction of sp³-hybridized carbons (Fsp3) is 0.364. The predicted octanol–water partition coefficient (Wildman–Crippen LogP) is 2.26. The molecule has 104 valence electrons. The van der Waals surface area contributed by atoms with Gasteiger partial charge in [0.2, 0.25) is 0 Å². The number of methoxy groups -OCH3 is 1. The van der Waals surface area contributed by atoms with E-state index < -0.39 is 16.9 Å². The number of nitrogens with one attached hydrogen (secondary N) is 1. The summed E-state index contributed by atoms with van der Waals surface area (Å²) in [5, 5.41) is 22.4. The first-order chi connectivity index (χ1) is 8.95. The minimum absolute atomic E-state index is 0.0683. The van der Waals surface area contributed by atoms with Crippen LogP contribution in [0.2, 0.25) is 0 Å². The number of non-ortho nitro benzene ring substituents is 1. The Bertz CT molecular complexity index is 480. The number of aliphatic carboxylic acids is 1. The van der Waals surface area contributed by atoms with Crippen LogP contribution in [0.1, 0.15) is 6.42 Å². The van der Waals surface area contributed by atoms with Gasteiger partial charge in [-0.2, -0.15) is 0 Å². The number of ether oxygens (including phenoxy) is 1. The third-order valence-electron chi connectivity index (χ3n) is 2.40. The van der Waals surface area contributed by atoms with Crippen molar-refractivity contribution in [2.24, 2.45) is 0 Å². The van der Waals surface area contributed by atoms with E-state index in [0.29, 0.717) is 16.8 Å². The van der Waals surface area contributed by atoms with Gasteiger partial charge in [-0.25, -0.2) is 4.79 Å². The van der Waals surface area contributed by atoms with Gasteiger partial charge in [0.05, 0.1) is 4.92 Å². The lowest BCUT2D eigenvalue weighted by atomic mass is 10.2. The summed E-state index contributed by atoms with van der Waals surface area (Å²) in [6, 6.07) is 3.27. The maximum Gasteiger partial charge on any atom is 0.326 e. The number of nitro benzene ring substituents is 1. The molecule has 0 saturated carbocycles. The normalized spacial score (nSPS) is 11.9. The van der Waals surface area contributed by atoms with Gasteiger partial charge in [-0.05, 0) is 22.0 Å². The second-order valence-corrected chi connectivity index (χ2v) is 4.59. The molecular weight excluding hydrogens is 320 g/mol. The second kappa shape index (κ2) is 7.05. The van der Waals surface area contributed by atoms with Gasteiger partial charge >= 0.3 is 5.97 Å². The first-order valence-corrected chi connectivity index (χ1v) is 6.17. The quantitative estimate of drug-likeness (QED) is 0.586. The van der Waals surface area contributed by atoms with Crippen LogP contribution in [0.15, 0.2) is 22.7 Å². The molecule has 0 saturated heterocycles. The first kappa shape index (κ1) is 15.4. The number of carboxylic acids is 1. The molecule has 1 aromatic carbocycles. The molecule has 0 bridgehead atoms. The fourth-order valence-corrected chi connectivity index (χ4v) is 1.90. The lowest BCUT2D eigenvalue weighted by Gasteiger charge is -2.16. The minimum atomic E-state index is -1.01. The first-order valence-electron chi connectivity index (χ1n) is 5.38. The summed E-state index contributed by atoms with van der Waals surface area (Å²) >= 11 is 3.17. The SMILES string of the molecule is COCCC(Nc1ccc([N+](=O)[O-])cc1Br)C(=O)O. The molecule has 2 N–H and O–H groups in total. The highest BCUT2D eigenvalue weighted by atomic mass is 79.9. The number of carboxylic acid groups (broad SMARTS) is 1. The largest absolute Gasteiger partial charge is 0.480 e. The Hall–Kier alpha value is -1.67. The second-order valence-electron chi connectivity index (χ2n) is 3.74. The summed E-state index contributed by atoms with van der Waals surface area (Å²) in [4.78, 5) is 21.1. The third-order valence-corrected chi connectivity index (χ3v) is 3.06. The zero-order valence-corrected chi connectivity index (χ0v) is 11.7. The number of benzene rings is 1. The lowest BCUT2D eigenvalue weighted by Crippen LogP contribution is -2.30. The number of hydrogen-bond acceptors (Lipinski definition) is 5. The molecule has 0 aliphatic heterocycles. The van der Waals surface area contributed by atoms with Crippen molar-refractivity contribution in [2.45, 2.75) is 12.5 Å². The van der Waals surface area contributed by atoms with E-state index in [2.05, 4.69) is 21.2 Å². The molecule has 1 unspecified atom stereocenters. The van der Waals surface area contributed by atoms with Crippen LogP contribution in [-0.2, 0) is 9.53 Å². The molecular formula is C11H13BrN2O5. The van der Waals surface area contributed by atoms with Crippen molar-refractivity contribution in [1.82, 2.24) is 0 Å². The number of carbonyl (C=O) groups is 1. The van der Waals surface area contributed by atoms with Gasteiger partial charge < -0.3 is 15.2 Å². The van der Waals surface area contributed by atoms with E-state index >= 15 is 0 Å². The Balaban J connectivity index is 2.84. The van der Waals surface area contributed by atoms with Crippen molar-refractivity contribution in [3.63, 3.8) is 0 Å². The number of rotatable bonds is 7. The van der Waals surface area contributed by atoms with Gasteiger partial charge in [0.15, 0.2) is 0 Å². The van der Waals surface area contributed by atoms with Crippen LogP contribution in [0.25, 0.3) is 0 Å². The summed E-state index contributed by atoms with van der Waals surface area (Å²) < 4.78 is 5.27. The van der Waals surface area contributed by atoms with E-state index in [1.165, 1.54) is 25.3 Å². The smallest absolute Gasteiger partial charge is 0.326 e. The molecule has 1 rings (SSSR count). The molecule has 8 heteroatoms. The Morgan fingerprint density at radius 3 is 2.79 bits per heavy atom. The molecule has 7 nitrogen and oxygen atoms in total. The molecule has 0 radical (unpaired) electrons. The van der Waals surface area contributed by atoms with Crippen LogP contribution < -0.4 is 5.32 Å². The van der Waals surface area contributed by atoms with Crippen LogP contribution in [0.3, 0.4) is 0 Å². The molecule has 0 aliphatic carbocycles. The van der Waals surface area contributed by atoms with Crippen molar-refractivity contribution < 1.29 is 19.6 Å². The van der Waals surface area contributed by atoms with Crippen LogP contribution in [0.4, 0.5) is 11.4 Å². The summed E-state index contributed by atoms with van der Waals surface area (Å²) in [6.45, 7) is 0.300. The maximum atomic E-state index is 11.1.